The Labute approximate surface area is 143 Å². The second-order valence-corrected chi connectivity index (χ2v) is 5.72. The Morgan fingerprint density at radius 3 is 2.54 bits per heavy atom. The molecule has 1 N–H and O–H groups in total. The van der Waals surface area contributed by atoms with Crippen LogP contribution in [-0.2, 0) is 6.18 Å². The maximum absolute atomic E-state index is 12.7. The zero-order valence-corrected chi connectivity index (χ0v) is 13.9. The Balaban J connectivity index is 2.32. The van der Waals surface area contributed by atoms with Gasteiger partial charge in [0.1, 0.15) is 5.69 Å². The van der Waals surface area contributed by atoms with Gasteiger partial charge in [-0.1, -0.05) is 28.1 Å². The summed E-state index contributed by atoms with van der Waals surface area (Å²) in [6, 6.07) is 9.42. The molecule has 0 aliphatic rings. The largest absolute Gasteiger partial charge is 0.416 e. The van der Waals surface area contributed by atoms with Crippen LogP contribution in [0.4, 0.5) is 24.5 Å². The summed E-state index contributed by atoms with van der Waals surface area (Å²) in [7, 11) is 0. The Morgan fingerprint density at radius 1 is 1.25 bits per heavy atom. The number of hydrogen-bond donors (Lipinski definition) is 1. The minimum absolute atomic E-state index is 0.123. The topological polar surface area (TPSA) is 67.5 Å². The molecule has 0 saturated heterocycles. The molecule has 24 heavy (non-hydrogen) atoms. The van der Waals surface area contributed by atoms with Gasteiger partial charge in [0.15, 0.2) is 0 Å². The van der Waals surface area contributed by atoms with Crippen molar-refractivity contribution >= 4 is 33.0 Å². The van der Waals surface area contributed by atoms with Gasteiger partial charge in [-0.15, -0.1) is 0 Å². The number of nitro groups is 1. The lowest BCUT2D eigenvalue weighted by Crippen LogP contribution is -2.07. The molecule has 2 aromatic carbocycles. The summed E-state index contributed by atoms with van der Waals surface area (Å²) in [5, 5.41) is 15.0. The van der Waals surface area contributed by atoms with Crippen LogP contribution < -0.4 is 5.43 Å². The van der Waals surface area contributed by atoms with Crippen LogP contribution >= 0.6 is 15.9 Å². The molecule has 0 bridgehead atoms. The first kappa shape index (κ1) is 17.9. The molecule has 0 fully saturated rings. The molecule has 0 unspecified atom stereocenters. The predicted molar refractivity (Wildman–Crippen MR) is 88.1 cm³/mol. The van der Waals surface area contributed by atoms with Gasteiger partial charge in [0.05, 0.1) is 16.2 Å². The van der Waals surface area contributed by atoms with E-state index >= 15 is 0 Å². The molecule has 9 heteroatoms. The Hall–Kier alpha value is -2.42. The van der Waals surface area contributed by atoms with Crippen molar-refractivity contribution < 1.29 is 18.1 Å². The second-order valence-electron chi connectivity index (χ2n) is 4.81. The zero-order chi connectivity index (χ0) is 17.9. The summed E-state index contributed by atoms with van der Waals surface area (Å²) in [6.45, 7) is 1.67. The van der Waals surface area contributed by atoms with Gasteiger partial charge in [-0.3, -0.25) is 15.5 Å². The van der Waals surface area contributed by atoms with Crippen LogP contribution in [0.3, 0.4) is 0 Å². The van der Waals surface area contributed by atoms with Crippen LogP contribution in [0.1, 0.15) is 18.1 Å². The van der Waals surface area contributed by atoms with E-state index in [-0.39, 0.29) is 5.69 Å². The van der Waals surface area contributed by atoms with Crippen LogP contribution in [-0.4, -0.2) is 10.6 Å². The van der Waals surface area contributed by atoms with Crippen molar-refractivity contribution in [2.75, 3.05) is 5.43 Å². The first-order valence-electron chi connectivity index (χ1n) is 6.60. The lowest BCUT2D eigenvalue weighted by atomic mass is 10.1. The van der Waals surface area contributed by atoms with Gasteiger partial charge in [-0.2, -0.15) is 18.3 Å². The van der Waals surface area contributed by atoms with Gasteiger partial charge in [0, 0.05) is 10.5 Å². The zero-order valence-electron chi connectivity index (χ0n) is 12.3. The third-order valence-electron chi connectivity index (χ3n) is 3.11. The smallest absolute Gasteiger partial charge is 0.271 e. The molecule has 0 saturated carbocycles. The summed E-state index contributed by atoms with van der Waals surface area (Å²) in [4.78, 5) is 10.1. The first-order valence-corrected chi connectivity index (χ1v) is 7.39. The minimum atomic E-state index is -4.65. The number of anilines is 1. The summed E-state index contributed by atoms with van der Waals surface area (Å²) < 4.78 is 38.8. The molecule has 5 nitrogen and oxygen atoms in total. The summed E-state index contributed by atoms with van der Waals surface area (Å²) in [5.41, 5.74) is 1.82. The highest BCUT2D eigenvalue weighted by molar-refractivity contribution is 9.10. The van der Waals surface area contributed by atoms with Gasteiger partial charge in [0.2, 0.25) is 0 Å². The number of nitrogens with one attached hydrogen (secondary N) is 1. The second kappa shape index (κ2) is 7.00. The minimum Gasteiger partial charge on any atom is -0.271 e. The molecule has 2 rings (SSSR count). The fourth-order valence-electron chi connectivity index (χ4n) is 1.88. The SMILES string of the molecule is C/C(=N\Nc1ccc(C(F)(F)F)cc1[N+](=O)[O-])c1cccc(Br)c1. The average Bonchev–Trinajstić information content (AvgIpc) is 2.51. The van der Waals surface area contributed by atoms with Crippen molar-refractivity contribution in [1.82, 2.24) is 0 Å². The van der Waals surface area contributed by atoms with E-state index in [1.807, 2.05) is 6.07 Å². The predicted octanol–water partition coefficient (Wildman–Crippen LogP) is 5.21. The lowest BCUT2D eigenvalue weighted by molar-refractivity contribution is -0.384. The maximum atomic E-state index is 12.7. The molecule has 2 aromatic rings. The Bertz CT molecular complexity index is 807. The molecular weight excluding hydrogens is 391 g/mol. The highest BCUT2D eigenvalue weighted by atomic mass is 79.9. The van der Waals surface area contributed by atoms with Crippen molar-refractivity contribution in [3.8, 4) is 0 Å². The third kappa shape index (κ3) is 4.31. The lowest BCUT2D eigenvalue weighted by Gasteiger charge is -2.09. The number of nitrogens with zero attached hydrogens (tertiary/aromatic N) is 2. The monoisotopic (exact) mass is 401 g/mol. The average molecular weight is 402 g/mol. The highest BCUT2D eigenvalue weighted by Crippen LogP contribution is 2.35. The third-order valence-corrected chi connectivity index (χ3v) is 3.60. The number of hydrazone groups is 1. The number of benzene rings is 2. The van der Waals surface area contributed by atoms with Crippen molar-refractivity contribution in [2.45, 2.75) is 13.1 Å². The number of alkyl halides is 3. The van der Waals surface area contributed by atoms with Gasteiger partial charge < -0.3 is 0 Å². The molecule has 0 radical (unpaired) electrons. The van der Waals surface area contributed by atoms with Crippen LogP contribution in [0.25, 0.3) is 0 Å². The van der Waals surface area contributed by atoms with E-state index in [4.69, 9.17) is 0 Å². The standard InChI is InChI=1S/C15H11BrF3N3O2/c1-9(10-3-2-4-12(16)7-10)20-21-13-6-5-11(15(17,18)19)8-14(13)22(23)24/h2-8,21H,1H3/b20-9+. The number of hydrogen-bond acceptors (Lipinski definition) is 4. The van der Waals surface area contributed by atoms with Gasteiger partial charge in [-0.05, 0) is 36.8 Å². The van der Waals surface area contributed by atoms with Gasteiger partial charge >= 0.3 is 6.18 Å². The molecule has 0 aliphatic carbocycles. The highest BCUT2D eigenvalue weighted by Gasteiger charge is 2.33. The molecule has 126 valence electrons. The quantitative estimate of drug-likeness (QED) is 0.434. The van der Waals surface area contributed by atoms with Gasteiger partial charge in [0.25, 0.3) is 5.69 Å². The van der Waals surface area contributed by atoms with Crippen LogP contribution in [0, 0.1) is 10.1 Å². The van der Waals surface area contributed by atoms with Crippen molar-refractivity contribution in [3.63, 3.8) is 0 Å². The molecule has 0 aliphatic heterocycles. The van der Waals surface area contributed by atoms with E-state index in [0.717, 1.165) is 22.2 Å². The maximum Gasteiger partial charge on any atom is 0.416 e. The number of nitro benzene ring substituents is 1. The normalized spacial score (nSPS) is 12.1. The van der Waals surface area contributed by atoms with E-state index in [1.54, 1.807) is 25.1 Å². The van der Waals surface area contributed by atoms with E-state index in [1.165, 1.54) is 0 Å². The summed E-state index contributed by atoms with van der Waals surface area (Å²) >= 11 is 3.31. The fourth-order valence-corrected chi connectivity index (χ4v) is 2.27. The van der Waals surface area contributed by atoms with E-state index in [2.05, 4.69) is 26.5 Å². The van der Waals surface area contributed by atoms with Crippen molar-refractivity contribution in [3.05, 3.63) is 68.2 Å². The summed E-state index contributed by atoms with van der Waals surface area (Å²) in [6.07, 6.45) is -4.65. The van der Waals surface area contributed by atoms with Crippen molar-refractivity contribution in [2.24, 2.45) is 5.10 Å². The van der Waals surface area contributed by atoms with E-state index in [9.17, 15) is 23.3 Å². The molecule has 0 heterocycles. The van der Waals surface area contributed by atoms with Gasteiger partial charge in [-0.25, -0.2) is 0 Å². The van der Waals surface area contributed by atoms with Crippen LogP contribution in [0.15, 0.2) is 52.0 Å². The summed E-state index contributed by atoms with van der Waals surface area (Å²) in [5.74, 6) is 0. The first-order chi connectivity index (χ1) is 11.2. The van der Waals surface area contributed by atoms with Crippen molar-refractivity contribution in [1.29, 1.82) is 0 Å². The molecule has 0 amide bonds. The van der Waals surface area contributed by atoms with E-state index in [0.29, 0.717) is 11.8 Å². The molecule has 0 aromatic heterocycles. The number of halogens is 4. The molecule has 0 atom stereocenters. The number of rotatable bonds is 4. The Kier molecular flexibility index (Phi) is 5.23. The fraction of sp³-hybridized carbons (Fsp3) is 0.133. The van der Waals surface area contributed by atoms with Crippen LogP contribution in [0.2, 0.25) is 0 Å². The van der Waals surface area contributed by atoms with E-state index < -0.39 is 22.4 Å². The van der Waals surface area contributed by atoms with Crippen LogP contribution in [0.5, 0.6) is 0 Å². The Morgan fingerprint density at radius 2 is 1.96 bits per heavy atom. The molecular formula is C15H11BrF3N3O2. The molecule has 0 spiro atoms.